The summed E-state index contributed by atoms with van der Waals surface area (Å²) in [4.78, 5) is 13.1. The third-order valence-corrected chi connectivity index (χ3v) is 7.78. The predicted octanol–water partition coefficient (Wildman–Crippen LogP) is -0.542. The first kappa shape index (κ1) is 14.7. The van der Waals surface area contributed by atoms with Crippen LogP contribution in [-0.4, -0.2) is 39.9 Å². The zero-order chi connectivity index (χ0) is 14.3. The van der Waals surface area contributed by atoms with Crippen LogP contribution in [0, 0.1) is 12.8 Å². The monoisotopic (exact) mass is 326 g/mol. The Morgan fingerprint density at radius 2 is 2.16 bits per heavy atom. The summed E-state index contributed by atoms with van der Waals surface area (Å²) >= 11 is 0.624. The van der Waals surface area contributed by atoms with Crippen LogP contribution in [0.25, 0.3) is 0 Å². The summed E-state index contributed by atoms with van der Waals surface area (Å²) in [6.45, 7) is 1.58. The number of H-pyrrole nitrogens is 1. The number of hydrogen-bond donors (Lipinski definition) is 2. The minimum atomic E-state index is -3.75. The maximum Gasteiger partial charge on any atom is 0.305 e. The van der Waals surface area contributed by atoms with Gasteiger partial charge in [0.2, 0.25) is 0 Å². The van der Waals surface area contributed by atoms with Crippen molar-refractivity contribution in [3.05, 3.63) is 15.4 Å². The van der Waals surface area contributed by atoms with Crippen LogP contribution in [-0.2, 0) is 19.9 Å². The number of thiazole rings is 1. The van der Waals surface area contributed by atoms with Gasteiger partial charge < -0.3 is 4.98 Å². The van der Waals surface area contributed by atoms with Crippen LogP contribution in [0.1, 0.15) is 12.1 Å². The maximum atomic E-state index is 12.0. The minimum Gasteiger partial charge on any atom is -0.315 e. The summed E-state index contributed by atoms with van der Waals surface area (Å²) in [7, 11) is -6.77. The lowest BCUT2D eigenvalue weighted by atomic mass is 10.1. The number of hydrogen-bond acceptors (Lipinski definition) is 6. The number of aromatic amines is 1. The predicted molar refractivity (Wildman–Crippen MR) is 71.6 cm³/mol. The van der Waals surface area contributed by atoms with E-state index in [0.29, 0.717) is 23.5 Å². The second-order valence-electron chi connectivity index (χ2n) is 4.55. The number of sulfone groups is 1. The molecule has 0 aromatic carbocycles. The molecule has 1 aromatic heterocycles. The van der Waals surface area contributed by atoms with Gasteiger partial charge in [-0.1, -0.05) is 11.3 Å². The molecule has 2 heterocycles. The van der Waals surface area contributed by atoms with Crippen LogP contribution in [0.4, 0.5) is 0 Å². The van der Waals surface area contributed by atoms with E-state index >= 15 is 0 Å². The van der Waals surface area contributed by atoms with Gasteiger partial charge in [0, 0.05) is 12.2 Å². The average molecular weight is 326 g/mol. The lowest BCUT2D eigenvalue weighted by Gasteiger charge is -2.09. The molecular formula is C9H14N2O5S3. The fourth-order valence-electron chi connectivity index (χ4n) is 1.97. The molecule has 1 saturated heterocycles. The number of aryl methyl sites for hydroxylation is 1. The normalized spacial score (nSPS) is 22.7. The summed E-state index contributed by atoms with van der Waals surface area (Å²) in [5, 5.41) is 0. The van der Waals surface area contributed by atoms with Gasteiger partial charge in [-0.05, 0) is 19.3 Å². The van der Waals surface area contributed by atoms with Crippen molar-refractivity contribution in [2.75, 3.05) is 18.1 Å². The first-order chi connectivity index (χ1) is 8.70. The van der Waals surface area contributed by atoms with Crippen LogP contribution in [0.3, 0.4) is 0 Å². The van der Waals surface area contributed by atoms with Crippen LogP contribution < -0.4 is 9.60 Å². The first-order valence-electron chi connectivity index (χ1n) is 5.59. The maximum absolute atomic E-state index is 12.0. The highest BCUT2D eigenvalue weighted by Crippen LogP contribution is 2.20. The fourth-order valence-corrected chi connectivity index (χ4v) is 6.29. The molecule has 2 N–H and O–H groups in total. The van der Waals surface area contributed by atoms with Crippen molar-refractivity contribution in [1.29, 1.82) is 0 Å². The Hall–Kier alpha value is -0.710. The Morgan fingerprint density at radius 3 is 2.63 bits per heavy atom. The molecule has 108 valence electrons. The van der Waals surface area contributed by atoms with E-state index in [1.54, 1.807) is 0 Å². The molecule has 19 heavy (non-hydrogen) atoms. The molecule has 1 unspecified atom stereocenters. The van der Waals surface area contributed by atoms with E-state index in [2.05, 4.69) is 9.71 Å². The van der Waals surface area contributed by atoms with Gasteiger partial charge in [-0.3, -0.25) is 4.79 Å². The highest BCUT2D eigenvalue weighted by molar-refractivity contribution is 7.92. The fraction of sp³-hybridized carbons (Fsp3) is 0.667. The largest absolute Gasteiger partial charge is 0.315 e. The molecule has 0 amide bonds. The minimum absolute atomic E-state index is 0.0118. The zero-order valence-electron chi connectivity index (χ0n) is 10.2. The van der Waals surface area contributed by atoms with Gasteiger partial charge in [0.05, 0.1) is 11.5 Å². The molecule has 0 radical (unpaired) electrons. The average Bonchev–Trinajstić information content (AvgIpc) is 2.79. The van der Waals surface area contributed by atoms with Crippen LogP contribution >= 0.6 is 11.3 Å². The van der Waals surface area contributed by atoms with E-state index in [1.807, 2.05) is 0 Å². The van der Waals surface area contributed by atoms with E-state index in [1.165, 1.54) is 6.92 Å². The summed E-state index contributed by atoms with van der Waals surface area (Å²) in [6, 6.07) is 0. The van der Waals surface area contributed by atoms with Crippen molar-refractivity contribution in [2.45, 2.75) is 17.6 Å². The van der Waals surface area contributed by atoms with E-state index in [-0.39, 0.29) is 28.2 Å². The molecule has 1 aliphatic rings. The summed E-state index contributed by atoms with van der Waals surface area (Å²) in [5.74, 6) is -0.0796. The van der Waals surface area contributed by atoms with Crippen LogP contribution in [0.2, 0.25) is 0 Å². The Kier molecular flexibility index (Phi) is 3.87. The van der Waals surface area contributed by atoms with Crippen molar-refractivity contribution in [1.82, 2.24) is 9.71 Å². The standard InChI is InChI=1S/C9H14N2O5S3/c1-6-8(17-9(12)11-6)19(15,16)10-4-7-2-3-18(13,14)5-7/h7,10H,2-5H2,1H3,(H,11,12). The second-order valence-corrected chi connectivity index (χ2v) is 9.72. The Labute approximate surface area is 115 Å². The summed E-state index contributed by atoms with van der Waals surface area (Å²) < 4.78 is 48.8. The van der Waals surface area contributed by atoms with Crippen molar-refractivity contribution >= 4 is 31.2 Å². The highest BCUT2D eigenvalue weighted by atomic mass is 32.2. The third-order valence-electron chi connectivity index (χ3n) is 2.91. The van der Waals surface area contributed by atoms with E-state index in [0.717, 1.165) is 0 Å². The van der Waals surface area contributed by atoms with Gasteiger partial charge in [-0.2, -0.15) is 0 Å². The smallest absolute Gasteiger partial charge is 0.305 e. The van der Waals surface area contributed by atoms with E-state index in [9.17, 15) is 21.6 Å². The molecule has 1 atom stereocenters. The molecule has 1 fully saturated rings. The lowest BCUT2D eigenvalue weighted by molar-refractivity contribution is 0.544. The van der Waals surface area contributed by atoms with E-state index < -0.39 is 24.7 Å². The number of rotatable bonds is 4. The van der Waals surface area contributed by atoms with Crippen LogP contribution in [0.15, 0.2) is 9.00 Å². The Morgan fingerprint density at radius 1 is 1.47 bits per heavy atom. The molecule has 10 heteroatoms. The molecular weight excluding hydrogens is 312 g/mol. The highest BCUT2D eigenvalue weighted by Gasteiger charge is 2.29. The number of aromatic nitrogens is 1. The molecule has 2 rings (SSSR count). The topological polar surface area (TPSA) is 113 Å². The molecule has 7 nitrogen and oxygen atoms in total. The SMILES string of the molecule is Cc1[nH]c(=O)sc1S(=O)(=O)NCC1CCS(=O)(=O)C1. The molecule has 0 bridgehead atoms. The molecule has 1 aromatic rings. The van der Waals surface area contributed by atoms with Gasteiger partial charge in [0.25, 0.3) is 10.0 Å². The van der Waals surface area contributed by atoms with Gasteiger partial charge in [-0.25, -0.2) is 21.6 Å². The van der Waals surface area contributed by atoms with Crippen molar-refractivity contribution in [3.8, 4) is 0 Å². The molecule has 0 spiro atoms. The van der Waals surface area contributed by atoms with Crippen molar-refractivity contribution in [3.63, 3.8) is 0 Å². The molecule has 1 aliphatic heterocycles. The zero-order valence-corrected chi connectivity index (χ0v) is 12.6. The van der Waals surface area contributed by atoms with Crippen molar-refractivity contribution in [2.24, 2.45) is 5.92 Å². The van der Waals surface area contributed by atoms with Gasteiger partial charge in [0.15, 0.2) is 14.0 Å². The van der Waals surface area contributed by atoms with Gasteiger partial charge in [0.1, 0.15) is 0 Å². The molecule has 0 aliphatic carbocycles. The summed E-state index contributed by atoms with van der Waals surface area (Å²) in [6.07, 6.45) is 0.465. The van der Waals surface area contributed by atoms with Crippen LogP contribution in [0.5, 0.6) is 0 Å². The van der Waals surface area contributed by atoms with Gasteiger partial charge in [-0.15, -0.1) is 0 Å². The Balaban J connectivity index is 2.07. The molecule has 0 saturated carbocycles. The third kappa shape index (κ3) is 3.44. The quantitative estimate of drug-likeness (QED) is 0.771. The Bertz CT molecular complexity index is 728. The van der Waals surface area contributed by atoms with Crippen molar-refractivity contribution < 1.29 is 16.8 Å². The number of sulfonamides is 1. The second kappa shape index (κ2) is 5.00. The van der Waals surface area contributed by atoms with E-state index in [4.69, 9.17) is 0 Å². The summed E-state index contributed by atoms with van der Waals surface area (Å²) in [5.41, 5.74) is 0.293. The van der Waals surface area contributed by atoms with Gasteiger partial charge >= 0.3 is 4.87 Å². The first-order valence-corrected chi connectivity index (χ1v) is 9.71. The number of nitrogens with one attached hydrogen (secondary N) is 2. The lowest BCUT2D eigenvalue weighted by Crippen LogP contribution is -2.29.